The number of hydrogen-bond acceptors (Lipinski definition) is 4. The Labute approximate surface area is 183 Å². The summed E-state index contributed by atoms with van der Waals surface area (Å²) >= 11 is 5.94. The van der Waals surface area contributed by atoms with Gasteiger partial charge in [-0.1, -0.05) is 16.8 Å². The molecule has 3 heterocycles. The number of carbonyl (C=O) groups is 2. The van der Waals surface area contributed by atoms with Crippen molar-refractivity contribution in [3.8, 4) is 11.3 Å². The molecule has 0 spiro atoms. The van der Waals surface area contributed by atoms with E-state index < -0.39 is 5.92 Å². The Morgan fingerprint density at radius 3 is 2.61 bits per heavy atom. The van der Waals surface area contributed by atoms with E-state index in [9.17, 15) is 14.0 Å². The molecule has 0 aliphatic carbocycles. The Balaban J connectivity index is 1.33. The zero-order chi connectivity index (χ0) is 21.5. The number of rotatable bonds is 3. The molecule has 0 bridgehead atoms. The van der Waals surface area contributed by atoms with Gasteiger partial charge in [0.05, 0.1) is 18.2 Å². The quantitative estimate of drug-likeness (QED) is 0.617. The topological polar surface area (TPSA) is 66.7 Å². The van der Waals surface area contributed by atoms with E-state index in [1.807, 2.05) is 0 Å². The van der Waals surface area contributed by atoms with Gasteiger partial charge in [0.1, 0.15) is 5.82 Å². The van der Waals surface area contributed by atoms with E-state index in [2.05, 4.69) is 5.16 Å². The number of carbonyl (C=O) groups excluding carboxylic acids is 2. The van der Waals surface area contributed by atoms with Crippen LogP contribution in [0.1, 0.15) is 17.7 Å². The lowest BCUT2D eigenvalue weighted by Gasteiger charge is -2.28. The molecule has 8 heteroatoms. The average molecular weight is 440 g/mol. The van der Waals surface area contributed by atoms with E-state index in [4.69, 9.17) is 16.1 Å². The summed E-state index contributed by atoms with van der Waals surface area (Å²) in [5.74, 6) is -0.307. The minimum atomic E-state index is -0.404. The SMILES string of the molecule is O=C(C1CC(=O)N(c2ccc(Cl)cc2)C1)N1CCc2noc(-c3ccc(F)cc3)c2C1. The summed E-state index contributed by atoms with van der Waals surface area (Å²) in [6.07, 6.45) is 0.757. The van der Waals surface area contributed by atoms with E-state index in [0.29, 0.717) is 36.8 Å². The molecule has 1 aromatic heterocycles. The van der Waals surface area contributed by atoms with Crippen LogP contribution in [0.25, 0.3) is 11.3 Å². The lowest BCUT2D eigenvalue weighted by Crippen LogP contribution is -2.40. The van der Waals surface area contributed by atoms with Gasteiger partial charge in [-0.05, 0) is 48.5 Å². The molecule has 2 aliphatic rings. The van der Waals surface area contributed by atoms with Crippen LogP contribution in [0.15, 0.2) is 53.1 Å². The summed E-state index contributed by atoms with van der Waals surface area (Å²) in [4.78, 5) is 29.2. The van der Waals surface area contributed by atoms with Crippen LogP contribution in [0.5, 0.6) is 0 Å². The molecule has 6 nitrogen and oxygen atoms in total. The molecule has 1 fully saturated rings. The van der Waals surface area contributed by atoms with Crippen LogP contribution in [0.3, 0.4) is 0 Å². The molecule has 31 heavy (non-hydrogen) atoms. The van der Waals surface area contributed by atoms with E-state index in [-0.39, 0.29) is 24.1 Å². The monoisotopic (exact) mass is 439 g/mol. The van der Waals surface area contributed by atoms with Gasteiger partial charge in [0.15, 0.2) is 5.76 Å². The largest absolute Gasteiger partial charge is 0.356 e. The molecule has 2 aliphatic heterocycles. The summed E-state index contributed by atoms with van der Waals surface area (Å²) in [7, 11) is 0. The number of hydrogen-bond donors (Lipinski definition) is 0. The summed E-state index contributed by atoms with van der Waals surface area (Å²) in [5, 5.41) is 4.73. The first-order valence-corrected chi connectivity index (χ1v) is 10.5. The standard InChI is InChI=1S/C23H19ClFN3O3/c24-16-3-7-18(8-4-16)28-12-15(11-21(28)29)23(30)27-10-9-20-19(13-27)22(31-26-20)14-1-5-17(25)6-2-14/h1-8,15H,9-13H2. The Morgan fingerprint density at radius 1 is 1.13 bits per heavy atom. The van der Waals surface area contributed by atoms with Gasteiger partial charge >= 0.3 is 0 Å². The number of halogens is 2. The molecular weight excluding hydrogens is 421 g/mol. The Morgan fingerprint density at radius 2 is 1.87 bits per heavy atom. The van der Waals surface area contributed by atoms with Crippen molar-refractivity contribution in [1.82, 2.24) is 10.1 Å². The van der Waals surface area contributed by atoms with Crippen molar-refractivity contribution in [2.45, 2.75) is 19.4 Å². The van der Waals surface area contributed by atoms with Crippen molar-refractivity contribution in [2.24, 2.45) is 5.92 Å². The van der Waals surface area contributed by atoms with Gasteiger partial charge in [0.25, 0.3) is 0 Å². The lowest BCUT2D eigenvalue weighted by atomic mass is 9.99. The number of fused-ring (bicyclic) bond motifs is 1. The molecule has 5 rings (SSSR count). The summed E-state index contributed by atoms with van der Waals surface area (Å²) in [5.41, 5.74) is 3.11. The van der Waals surface area contributed by atoms with E-state index in [0.717, 1.165) is 22.5 Å². The molecule has 1 atom stereocenters. The second-order valence-electron chi connectivity index (χ2n) is 7.84. The highest BCUT2D eigenvalue weighted by molar-refractivity contribution is 6.30. The molecule has 3 aromatic rings. The van der Waals surface area contributed by atoms with Crippen molar-refractivity contribution in [3.05, 3.63) is 70.6 Å². The molecule has 158 valence electrons. The smallest absolute Gasteiger partial charge is 0.228 e. The van der Waals surface area contributed by atoms with E-state index in [1.165, 1.54) is 12.1 Å². The first kappa shape index (κ1) is 19.8. The van der Waals surface area contributed by atoms with E-state index >= 15 is 0 Å². The number of anilines is 1. The maximum atomic E-state index is 13.3. The zero-order valence-corrected chi connectivity index (χ0v) is 17.3. The number of aromatic nitrogens is 1. The van der Waals surface area contributed by atoms with Gasteiger partial charge in [-0.15, -0.1) is 0 Å². The molecule has 1 unspecified atom stereocenters. The third-order valence-corrected chi connectivity index (χ3v) is 6.12. The second-order valence-corrected chi connectivity index (χ2v) is 8.27. The normalized spacial score (nSPS) is 18.4. The fraction of sp³-hybridized carbons (Fsp3) is 0.261. The van der Waals surface area contributed by atoms with Crippen molar-refractivity contribution in [3.63, 3.8) is 0 Å². The van der Waals surface area contributed by atoms with Crippen LogP contribution in [0, 0.1) is 11.7 Å². The third-order valence-electron chi connectivity index (χ3n) is 5.87. The van der Waals surface area contributed by atoms with Crippen LogP contribution >= 0.6 is 11.6 Å². The predicted octanol–water partition coefficient (Wildman–Crippen LogP) is 4.07. The van der Waals surface area contributed by atoms with Crippen LogP contribution < -0.4 is 4.90 Å². The maximum Gasteiger partial charge on any atom is 0.228 e. The Kier molecular flexibility index (Phi) is 4.98. The van der Waals surface area contributed by atoms with Gasteiger partial charge in [-0.3, -0.25) is 9.59 Å². The molecule has 0 saturated carbocycles. The molecule has 0 radical (unpaired) electrons. The molecular formula is C23H19ClFN3O3. The summed E-state index contributed by atoms with van der Waals surface area (Å²) in [6.45, 7) is 1.22. The third kappa shape index (κ3) is 3.70. The minimum absolute atomic E-state index is 0.0540. The van der Waals surface area contributed by atoms with Gasteiger partial charge in [0, 0.05) is 47.8 Å². The fourth-order valence-corrected chi connectivity index (χ4v) is 4.36. The summed E-state index contributed by atoms with van der Waals surface area (Å²) in [6, 6.07) is 13.0. The van der Waals surface area contributed by atoms with Crippen molar-refractivity contribution < 1.29 is 18.5 Å². The number of benzene rings is 2. The molecule has 2 amide bonds. The molecule has 0 N–H and O–H groups in total. The number of nitrogens with zero attached hydrogens (tertiary/aromatic N) is 3. The Hall–Kier alpha value is -3.19. The maximum absolute atomic E-state index is 13.3. The Bertz CT molecular complexity index is 1140. The van der Waals surface area contributed by atoms with Crippen LogP contribution in [-0.2, 0) is 22.6 Å². The van der Waals surface area contributed by atoms with Crippen molar-refractivity contribution in [2.75, 3.05) is 18.0 Å². The van der Waals surface area contributed by atoms with Crippen molar-refractivity contribution >= 4 is 29.1 Å². The lowest BCUT2D eigenvalue weighted by molar-refractivity contribution is -0.136. The van der Waals surface area contributed by atoms with Crippen LogP contribution in [0.2, 0.25) is 5.02 Å². The highest BCUT2D eigenvalue weighted by Crippen LogP contribution is 2.33. The van der Waals surface area contributed by atoms with Crippen LogP contribution in [0.4, 0.5) is 10.1 Å². The molecule has 1 saturated heterocycles. The van der Waals surface area contributed by atoms with E-state index in [1.54, 1.807) is 46.2 Å². The van der Waals surface area contributed by atoms with Crippen LogP contribution in [-0.4, -0.2) is 35.0 Å². The van der Waals surface area contributed by atoms with Gasteiger partial charge < -0.3 is 14.3 Å². The average Bonchev–Trinajstić information content (AvgIpc) is 3.38. The minimum Gasteiger partial charge on any atom is -0.356 e. The summed E-state index contributed by atoms with van der Waals surface area (Å²) < 4.78 is 18.8. The first-order chi connectivity index (χ1) is 15.0. The first-order valence-electron chi connectivity index (χ1n) is 10.1. The molecule has 2 aromatic carbocycles. The van der Waals surface area contributed by atoms with Gasteiger partial charge in [0.2, 0.25) is 11.8 Å². The highest BCUT2D eigenvalue weighted by atomic mass is 35.5. The fourth-order valence-electron chi connectivity index (χ4n) is 4.23. The van der Waals surface area contributed by atoms with Gasteiger partial charge in [-0.2, -0.15) is 0 Å². The van der Waals surface area contributed by atoms with Gasteiger partial charge in [-0.25, -0.2) is 4.39 Å². The predicted molar refractivity (Wildman–Crippen MR) is 113 cm³/mol. The zero-order valence-electron chi connectivity index (χ0n) is 16.6. The number of amides is 2. The van der Waals surface area contributed by atoms with Crippen molar-refractivity contribution in [1.29, 1.82) is 0 Å². The second kappa shape index (κ2) is 7.81. The highest BCUT2D eigenvalue weighted by Gasteiger charge is 2.38.